The van der Waals surface area contributed by atoms with E-state index in [0.29, 0.717) is 18.8 Å². The first-order valence-electron chi connectivity index (χ1n) is 5.69. The molecule has 1 aromatic heterocycles. The average Bonchev–Trinajstić information content (AvgIpc) is 2.33. The fourth-order valence-electron chi connectivity index (χ4n) is 2.28. The Balaban J connectivity index is 2.22. The molecule has 0 saturated carbocycles. The SMILES string of the molecule is NC1CN(c2c([N+](=O)[O-])cnc3ccccc23)C1. The number of fused-ring (bicyclic) bond motifs is 1. The molecule has 6 nitrogen and oxygen atoms in total. The normalized spacial score (nSPS) is 15.7. The van der Waals surface area contributed by atoms with E-state index in [1.807, 2.05) is 29.2 Å². The Morgan fingerprint density at radius 3 is 2.78 bits per heavy atom. The number of hydrogen-bond acceptors (Lipinski definition) is 5. The molecule has 2 N–H and O–H groups in total. The zero-order valence-corrected chi connectivity index (χ0v) is 9.61. The molecule has 2 heterocycles. The standard InChI is InChI=1S/C12H12N4O2/c13-8-6-15(7-8)12-9-3-1-2-4-10(9)14-5-11(12)16(17)18/h1-5,8H,6-7,13H2. The molecule has 1 aliphatic rings. The molecule has 0 spiro atoms. The van der Waals surface area contributed by atoms with Gasteiger partial charge in [0.25, 0.3) is 0 Å². The lowest BCUT2D eigenvalue weighted by atomic mass is 10.1. The zero-order valence-electron chi connectivity index (χ0n) is 9.61. The number of nitro groups is 1. The quantitative estimate of drug-likeness (QED) is 0.635. The van der Waals surface area contributed by atoms with Crippen molar-refractivity contribution in [3.8, 4) is 0 Å². The molecule has 0 unspecified atom stereocenters. The lowest BCUT2D eigenvalue weighted by molar-refractivity contribution is -0.384. The topological polar surface area (TPSA) is 85.3 Å². The highest BCUT2D eigenvalue weighted by molar-refractivity contribution is 5.96. The largest absolute Gasteiger partial charge is 0.362 e. The first-order valence-corrected chi connectivity index (χ1v) is 5.69. The summed E-state index contributed by atoms with van der Waals surface area (Å²) in [5.74, 6) is 0. The van der Waals surface area contributed by atoms with E-state index in [0.717, 1.165) is 10.9 Å². The number of aromatic nitrogens is 1. The van der Waals surface area contributed by atoms with E-state index in [1.54, 1.807) is 0 Å². The van der Waals surface area contributed by atoms with Gasteiger partial charge in [-0.25, -0.2) is 4.98 Å². The second-order valence-electron chi connectivity index (χ2n) is 4.43. The van der Waals surface area contributed by atoms with Gasteiger partial charge in [0.1, 0.15) is 11.9 Å². The molecular formula is C12H12N4O2. The van der Waals surface area contributed by atoms with Gasteiger partial charge in [0.05, 0.1) is 10.4 Å². The van der Waals surface area contributed by atoms with Crippen molar-refractivity contribution in [1.29, 1.82) is 0 Å². The number of pyridine rings is 1. The Morgan fingerprint density at radius 2 is 2.11 bits per heavy atom. The second kappa shape index (κ2) is 3.92. The van der Waals surface area contributed by atoms with Crippen molar-refractivity contribution in [2.24, 2.45) is 5.73 Å². The summed E-state index contributed by atoms with van der Waals surface area (Å²) < 4.78 is 0. The van der Waals surface area contributed by atoms with Gasteiger partial charge in [0.15, 0.2) is 0 Å². The van der Waals surface area contributed by atoms with Gasteiger partial charge in [0.2, 0.25) is 0 Å². The Hall–Kier alpha value is -2.21. The van der Waals surface area contributed by atoms with E-state index in [4.69, 9.17) is 5.73 Å². The van der Waals surface area contributed by atoms with Crippen LogP contribution in [0.25, 0.3) is 10.9 Å². The minimum atomic E-state index is -0.390. The fourth-order valence-corrected chi connectivity index (χ4v) is 2.28. The van der Waals surface area contributed by atoms with Crippen LogP contribution in [0.2, 0.25) is 0 Å². The molecule has 0 radical (unpaired) electrons. The number of rotatable bonds is 2. The predicted molar refractivity (Wildman–Crippen MR) is 68.6 cm³/mol. The molecule has 1 saturated heterocycles. The number of anilines is 1. The van der Waals surface area contributed by atoms with Crippen molar-refractivity contribution in [2.75, 3.05) is 18.0 Å². The molecule has 2 aromatic rings. The lowest BCUT2D eigenvalue weighted by Crippen LogP contribution is -2.56. The fraction of sp³-hybridized carbons (Fsp3) is 0.250. The Morgan fingerprint density at radius 1 is 1.39 bits per heavy atom. The van der Waals surface area contributed by atoms with E-state index >= 15 is 0 Å². The molecule has 0 aliphatic carbocycles. The smallest absolute Gasteiger partial charge is 0.311 e. The van der Waals surface area contributed by atoms with Crippen molar-refractivity contribution >= 4 is 22.3 Å². The first kappa shape index (κ1) is 10.9. The predicted octanol–water partition coefficient (Wildman–Crippen LogP) is 1.29. The van der Waals surface area contributed by atoms with Crippen LogP contribution in [0.1, 0.15) is 0 Å². The van der Waals surface area contributed by atoms with Crippen LogP contribution in [-0.2, 0) is 0 Å². The minimum absolute atomic E-state index is 0.0422. The van der Waals surface area contributed by atoms with Crippen molar-refractivity contribution in [2.45, 2.75) is 6.04 Å². The van der Waals surface area contributed by atoms with Crippen molar-refractivity contribution < 1.29 is 4.92 Å². The summed E-state index contributed by atoms with van der Waals surface area (Å²) >= 11 is 0. The van der Waals surface area contributed by atoms with Crippen molar-refractivity contribution in [3.63, 3.8) is 0 Å². The third-order valence-electron chi connectivity index (χ3n) is 3.15. The van der Waals surface area contributed by atoms with E-state index in [2.05, 4.69) is 4.98 Å². The molecule has 0 amide bonds. The van der Waals surface area contributed by atoms with Gasteiger partial charge < -0.3 is 10.6 Å². The molecule has 0 bridgehead atoms. The van der Waals surface area contributed by atoms with Crippen LogP contribution >= 0.6 is 0 Å². The van der Waals surface area contributed by atoms with Crippen LogP contribution in [-0.4, -0.2) is 29.0 Å². The van der Waals surface area contributed by atoms with E-state index in [9.17, 15) is 10.1 Å². The van der Waals surface area contributed by atoms with Crippen molar-refractivity contribution in [1.82, 2.24) is 4.98 Å². The molecule has 92 valence electrons. The van der Waals surface area contributed by atoms with Gasteiger partial charge in [-0.3, -0.25) is 10.1 Å². The van der Waals surface area contributed by atoms with E-state index in [1.165, 1.54) is 6.20 Å². The second-order valence-corrected chi connectivity index (χ2v) is 4.43. The third kappa shape index (κ3) is 1.58. The van der Waals surface area contributed by atoms with Gasteiger partial charge >= 0.3 is 5.69 Å². The lowest BCUT2D eigenvalue weighted by Gasteiger charge is -2.38. The summed E-state index contributed by atoms with van der Waals surface area (Å²) in [6.45, 7) is 1.30. The minimum Gasteiger partial charge on any atom is -0.362 e. The molecule has 1 aromatic carbocycles. The molecule has 0 atom stereocenters. The van der Waals surface area contributed by atoms with E-state index in [-0.39, 0.29) is 11.7 Å². The van der Waals surface area contributed by atoms with Crippen molar-refractivity contribution in [3.05, 3.63) is 40.6 Å². The summed E-state index contributed by atoms with van der Waals surface area (Å²) in [6.07, 6.45) is 1.32. The van der Waals surface area contributed by atoms with E-state index < -0.39 is 4.92 Å². The van der Waals surface area contributed by atoms with Crippen LogP contribution in [0.15, 0.2) is 30.5 Å². The van der Waals surface area contributed by atoms with Crippen LogP contribution in [0, 0.1) is 10.1 Å². The maximum atomic E-state index is 11.1. The van der Waals surface area contributed by atoms with Gasteiger partial charge in [-0.15, -0.1) is 0 Å². The summed E-state index contributed by atoms with van der Waals surface area (Å²) in [5.41, 5.74) is 7.19. The van der Waals surface area contributed by atoms with Crippen LogP contribution < -0.4 is 10.6 Å². The Kier molecular flexibility index (Phi) is 2.38. The average molecular weight is 244 g/mol. The highest BCUT2D eigenvalue weighted by Crippen LogP contribution is 2.36. The highest BCUT2D eigenvalue weighted by atomic mass is 16.6. The summed E-state index contributed by atoms with van der Waals surface area (Å²) in [4.78, 5) is 16.8. The van der Waals surface area contributed by atoms with Crippen LogP contribution in [0.3, 0.4) is 0 Å². The zero-order chi connectivity index (χ0) is 12.7. The Labute approximate surface area is 103 Å². The first-order chi connectivity index (χ1) is 8.66. The molecule has 3 rings (SSSR count). The van der Waals surface area contributed by atoms with Crippen LogP contribution in [0.5, 0.6) is 0 Å². The molecule has 1 fully saturated rings. The van der Waals surface area contributed by atoms with Crippen LogP contribution in [0.4, 0.5) is 11.4 Å². The monoisotopic (exact) mass is 244 g/mol. The summed E-state index contributed by atoms with van der Waals surface area (Å²) in [5, 5.41) is 11.9. The maximum absolute atomic E-state index is 11.1. The molecular weight excluding hydrogens is 232 g/mol. The third-order valence-corrected chi connectivity index (χ3v) is 3.15. The molecule has 6 heteroatoms. The number of hydrogen-bond donors (Lipinski definition) is 1. The number of nitrogens with two attached hydrogens (primary N) is 1. The van der Waals surface area contributed by atoms with Gasteiger partial charge in [-0.1, -0.05) is 18.2 Å². The number of nitrogens with zero attached hydrogens (tertiary/aromatic N) is 3. The van der Waals surface area contributed by atoms with Gasteiger partial charge in [0, 0.05) is 24.5 Å². The van der Waals surface area contributed by atoms with Gasteiger partial charge in [-0.2, -0.15) is 0 Å². The summed E-state index contributed by atoms with van der Waals surface area (Å²) in [7, 11) is 0. The van der Waals surface area contributed by atoms with Gasteiger partial charge in [-0.05, 0) is 6.07 Å². The highest BCUT2D eigenvalue weighted by Gasteiger charge is 2.30. The molecule has 1 aliphatic heterocycles. The Bertz CT molecular complexity index is 623. The maximum Gasteiger partial charge on any atom is 0.311 e. The number of para-hydroxylation sites is 1. The number of benzene rings is 1. The molecule has 18 heavy (non-hydrogen) atoms. The summed E-state index contributed by atoms with van der Waals surface area (Å²) in [6, 6.07) is 7.53.